The maximum atomic E-state index is 12.4. The second-order valence-corrected chi connectivity index (χ2v) is 5.96. The van der Waals surface area contributed by atoms with Crippen LogP contribution in [0.1, 0.15) is 13.8 Å². The molecule has 6 nitrogen and oxygen atoms in total. The van der Waals surface area contributed by atoms with Crippen molar-refractivity contribution in [3.05, 3.63) is 35.6 Å². The highest BCUT2D eigenvalue weighted by atomic mass is 35.5. The molecule has 21 heavy (non-hydrogen) atoms. The number of halogens is 1. The summed E-state index contributed by atoms with van der Waals surface area (Å²) in [6, 6.07) is 6.91. The van der Waals surface area contributed by atoms with Gasteiger partial charge in [-0.15, -0.1) is 5.10 Å². The van der Waals surface area contributed by atoms with Crippen LogP contribution in [-0.4, -0.2) is 44.6 Å². The Morgan fingerprint density at radius 3 is 2.67 bits per heavy atom. The predicted molar refractivity (Wildman–Crippen MR) is 78.0 cm³/mol. The van der Waals surface area contributed by atoms with Crippen LogP contribution in [-0.2, 0) is 4.74 Å². The highest BCUT2D eigenvalue weighted by Gasteiger charge is 2.37. The second-order valence-electron chi connectivity index (χ2n) is 5.52. The first-order valence-corrected chi connectivity index (χ1v) is 6.92. The van der Waals surface area contributed by atoms with Crippen LogP contribution >= 0.6 is 11.6 Å². The molecule has 2 aromatic rings. The molecule has 0 bridgehead atoms. The van der Waals surface area contributed by atoms with Gasteiger partial charge in [0, 0.05) is 10.6 Å². The van der Waals surface area contributed by atoms with Crippen LogP contribution in [0.5, 0.6) is 0 Å². The molecule has 3 rings (SSSR count). The monoisotopic (exact) mass is 306 g/mol. The van der Waals surface area contributed by atoms with Gasteiger partial charge in [-0.05, 0) is 38.1 Å². The van der Waals surface area contributed by atoms with Crippen LogP contribution in [0.3, 0.4) is 0 Å². The average molecular weight is 307 g/mol. The van der Waals surface area contributed by atoms with Crippen molar-refractivity contribution in [3.8, 4) is 11.4 Å². The van der Waals surface area contributed by atoms with E-state index in [1.165, 1.54) is 11.0 Å². The lowest BCUT2D eigenvalue weighted by molar-refractivity contribution is 0.138. The van der Waals surface area contributed by atoms with Crippen LogP contribution in [0.25, 0.3) is 11.4 Å². The van der Waals surface area contributed by atoms with Crippen LogP contribution in [0, 0.1) is 0 Å². The molecule has 1 aromatic heterocycles. The number of carbonyl (C=O) groups is 1. The fourth-order valence-electron chi connectivity index (χ4n) is 2.16. The third-order valence-corrected chi connectivity index (χ3v) is 3.68. The van der Waals surface area contributed by atoms with Gasteiger partial charge in [0.05, 0.1) is 12.1 Å². The average Bonchev–Trinajstić information content (AvgIpc) is 3.05. The third kappa shape index (κ3) is 2.64. The lowest BCUT2D eigenvalue weighted by atomic mass is 10.1. The molecule has 0 atom stereocenters. The van der Waals surface area contributed by atoms with Crippen molar-refractivity contribution in [1.82, 2.24) is 19.7 Å². The highest BCUT2D eigenvalue weighted by Crippen LogP contribution is 2.23. The van der Waals surface area contributed by atoms with Crippen molar-refractivity contribution in [2.24, 2.45) is 0 Å². The van der Waals surface area contributed by atoms with Gasteiger partial charge in [0.15, 0.2) is 5.82 Å². The van der Waals surface area contributed by atoms with E-state index >= 15 is 0 Å². The fourth-order valence-corrected chi connectivity index (χ4v) is 2.29. The Balaban J connectivity index is 1.85. The molecule has 1 aliphatic heterocycles. The summed E-state index contributed by atoms with van der Waals surface area (Å²) in [6.45, 7) is 4.68. The summed E-state index contributed by atoms with van der Waals surface area (Å²) in [5.74, 6) is 0.484. The molecule has 1 fully saturated rings. The van der Waals surface area contributed by atoms with Gasteiger partial charge >= 0.3 is 6.03 Å². The van der Waals surface area contributed by atoms with E-state index in [2.05, 4.69) is 10.1 Å². The highest BCUT2D eigenvalue weighted by molar-refractivity contribution is 6.30. The Bertz CT molecular complexity index is 666. The van der Waals surface area contributed by atoms with Crippen molar-refractivity contribution in [3.63, 3.8) is 0 Å². The first-order chi connectivity index (χ1) is 9.97. The summed E-state index contributed by atoms with van der Waals surface area (Å²) in [4.78, 5) is 18.3. The Hall–Kier alpha value is -1.92. The Morgan fingerprint density at radius 2 is 2.05 bits per heavy atom. The zero-order valence-electron chi connectivity index (χ0n) is 11.8. The fraction of sp³-hybridized carbons (Fsp3) is 0.357. The van der Waals surface area contributed by atoms with Crippen LogP contribution < -0.4 is 0 Å². The standard InChI is InChI=1S/C14H15ClN4O2/c1-14(2)7-21-9-18(14)13(20)19-8-16-12(17-19)10-3-5-11(15)6-4-10/h3-6,8H,7,9H2,1-2H3. The van der Waals surface area contributed by atoms with Crippen molar-refractivity contribution >= 4 is 17.6 Å². The third-order valence-electron chi connectivity index (χ3n) is 3.43. The van der Waals surface area contributed by atoms with Crippen molar-refractivity contribution in [2.45, 2.75) is 19.4 Å². The molecule has 0 aliphatic carbocycles. The zero-order chi connectivity index (χ0) is 15.0. The number of aromatic nitrogens is 3. The maximum Gasteiger partial charge on any atom is 0.348 e. The molecular weight excluding hydrogens is 292 g/mol. The largest absolute Gasteiger partial charge is 0.359 e. The summed E-state index contributed by atoms with van der Waals surface area (Å²) in [5.41, 5.74) is 0.464. The first kappa shape index (κ1) is 14.0. The molecule has 0 spiro atoms. The van der Waals surface area contributed by atoms with Gasteiger partial charge in [-0.25, -0.2) is 9.78 Å². The van der Waals surface area contributed by atoms with Crippen molar-refractivity contribution in [2.75, 3.05) is 13.3 Å². The number of ether oxygens (including phenoxy) is 1. The smallest absolute Gasteiger partial charge is 0.348 e. The quantitative estimate of drug-likeness (QED) is 0.812. The Labute approximate surface area is 127 Å². The van der Waals surface area contributed by atoms with Gasteiger partial charge in [0.2, 0.25) is 0 Å². The topological polar surface area (TPSA) is 60.2 Å². The van der Waals surface area contributed by atoms with E-state index in [9.17, 15) is 4.79 Å². The van der Waals surface area contributed by atoms with E-state index in [4.69, 9.17) is 16.3 Å². The van der Waals surface area contributed by atoms with Gasteiger partial charge in [-0.3, -0.25) is 4.90 Å². The Morgan fingerprint density at radius 1 is 1.33 bits per heavy atom. The number of benzene rings is 1. The minimum atomic E-state index is -0.344. The minimum Gasteiger partial charge on any atom is -0.359 e. The number of amides is 1. The number of carbonyl (C=O) groups excluding carboxylic acids is 1. The number of rotatable bonds is 1. The van der Waals surface area contributed by atoms with Crippen LogP contribution in [0.2, 0.25) is 5.02 Å². The number of hydrogen-bond donors (Lipinski definition) is 0. The molecule has 0 N–H and O–H groups in total. The van der Waals surface area contributed by atoms with E-state index in [1.807, 2.05) is 26.0 Å². The molecule has 1 aliphatic rings. The predicted octanol–water partition coefficient (Wildman–Crippen LogP) is 2.63. The van der Waals surface area contributed by atoms with Gasteiger partial charge in [0.1, 0.15) is 13.1 Å². The Kier molecular flexibility index (Phi) is 3.43. The molecular formula is C14H15ClN4O2. The first-order valence-electron chi connectivity index (χ1n) is 6.55. The summed E-state index contributed by atoms with van der Waals surface area (Å²) in [7, 11) is 0. The molecule has 1 amide bonds. The van der Waals surface area contributed by atoms with E-state index in [0.29, 0.717) is 17.5 Å². The molecule has 1 saturated heterocycles. The van der Waals surface area contributed by atoms with Gasteiger partial charge in [-0.2, -0.15) is 4.68 Å². The molecule has 0 saturated carbocycles. The molecule has 7 heteroatoms. The van der Waals surface area contributed by atoms with Gasteiger partial charge < -0.3 is 4.74 Å². The normalized spacial score (nSPS) is 17.2. The van der Waals surface area contributed by atoms with E-state index in [0.717, 1.165) is 5.56 Å². The van der Waals surface area contributed by atoms with Crippen LogP contribution in [0.15, 0.2) is 30.6 Å². The molecule has 0 radical (unpaired) electrons. The van der Waals surface area contributed by atoms with Gasteiger partial charge in [0.25, 0.3) is 0 Å². The molecule has 0 unspecified atom stereocenters. The molecule has 2 heterocycles. The molecule has 1 aromatic carbocycles. The SMILES string of the molecule is CC1(C)COCN1C(=O)n1cnc(-c2ccc(Cl)cc2)n1. The number of nitrogens with zero attached hydrogens (tertiary/aromatic N) is 4. The summed E-state index contributed by atoms with van der Waals surface area (Å²) in [6.07, 6.45) is 1.42. The van der Waals surface area contributed by atoms with E-state index in [-0.39, 0.29) is 18.3 Å². The van der Waals surface area contributed by atoms with Crippen molar-refractivity contribution in [1.29, 1.82) is 0 Å². The zero-order valence-corrected chi connectivity index (χ0v) is 12.5. The second kappa shape index (κ2) is 5.13. The summed E-state index contributed by atoms with van der Waals surface area (Å²) >= 11 is 5.85. The maximum absolute atomic E-state index is 12.4. The van der Waals surface area contributed by atoms with Crippen LogP contribution in [0.4, 0.5) is 4.79 Å². The van der Waals surface area contributed by atoms with E-state index in [1.54, 1.807) is 17.0 Å². The van der Waals surface area contributed by atoms with Crippen molar-refractivity contribution < 1.29 is 9.53 Å². The minimum absolute atomic E-state index is 0.245. The lowest BCUT2D eigenvalue weighted by Crippen LogP contribution is -2.46. The number of hydrogen-bond acceptors (Lipinski definition) is 4. The lowest BCUT2D eigenvalue weighted by Gasteiger charge is -2.28. The molecule has 110 valence electrons. The van der Waals surface area contributed by atoms with Gasteiger partial charge in [-0.1, -0.05) is 11.6 Å². The van der Waals surface area contributed by atoms with E-state index < -0.39 is 0 Å². The summed E-state index contributed by atoms with van der Waals surface area (Å²) in [5, 5.41) is 4.88. The summed E-state index contributed by atoms with van der Waals surface area (Å²) < 4.78 is 6.58.